The van der Waals surface area contributed by atoms with E-state index in [4.69, 9.17) is 21.3 Å². The summed E-state index contributed by atoms with van der Waals surface area (Å²) in [5.74, 6) is 1.62. The number of ether oxygens (including phenoxy) is 1. The van der Waals surface area contributed by atoms with Crippen LogP contribution in [0.1, 0.15) is 25.3 Å². The molecule has 2 aliphatic rings. The Bertz CT molecular complexity index is 1630. The third-order valence-electron chi connectivity index (χ3n) is 8.73. The Kier molecular flexibility index (Phi) is 9.94. The quantitative estimate of drug-likeness (QED) is 0.175. The second-order valence-corrected chi connectivity index (χ2v) is 12.5. The van der Waals surface area contributed by atoms with E-state index in [0.717, 1.165) is 66.4 Å². The molecule has 2 aromatic heterocycles. The molecular weight excluding hydrogens is 608 g/mol. The number of aryl methyl sites for hydroxylation is 1. The molecule has 3 N–H and O–H groups in total. The van der Waals surface area contributed by atoms with Crippen molar-refractivity contribution in [2.24, 2.45) is 0 Å². The average Bonchev–Trinajstić information content (AvgIpc) is 3.07. The molecule has 238 valence electrons. The van der Waals surface area contributed by atoms with Gasteiger partial charge in [-0.2, -0.15) is 4.98 Å². The van der Waals surface area contributed by atoms with E-state index in [1.165, 1.54) is 49.1 Å². The fourth-order valence-electron chi connectivity index (χ4n) is 6.23. The van der Waals surface area contributed by atoms with Gasteiger partial charge in [-0.3, -0.25) is 14.9 Å². The van der Waals surface area contributed by atoms with Gasteiger partial charge < -0.3 is 29.9 Å². The van der Waals surface area contributed by atoms with E-state index in [2.05, 4.69) is 71.1 Å². The Hall–Kier alpha value is -3.58. The largest absolute Gasteiger partial charge is 0.494 e. The van der Waals surface area contributed by atoms with Crippen molar-refractivity contribution in [1.29, 1.82) is 0 Å². The van der Waals surface area contributed by atoms with Crippen molar-refractivity contribution in [2.75, 3.05) is 79.9 Å². The molecule has 2 aliphatic heterocycles. The molecule has 45 heavy (non-hydrogen) atoms. The number of hydrogen-bond donors (Lipinski definition) is 3. The van der Waals surface area contributed by atoms with Crippen LogP contribution in [0.4, 0.5) is 34.5 Å². The number of aromatic nitrogens is 4. The van der Waals surface area contributed by atoms with Crippen LogP contribution in [0.2, 0.25) is 5.02 Å². The van der Waals surface area contributed by atoms with Crippen molar-refractivity contribution in [3.63, 3.8) is 0 Å². The number of hydrogen-bond acceptors (Lipinski definition) is 12. The van der Waals surface area contributed by atoms with Crippen molar-refractivity contribution < 1.29 is 4.74 Å². The predicted molar refractivity (Wildman–Crippen MR) is 187 cm³/mol. The number of fused-ring (bicyclic) bond motifs is 1. The SMILES string of the molecule is CCc1cc(Nc2ncc(Cl)c(Nc3ccc4nccnc4c3NSC)n2)c(OC)cc1N1CCC(N2CCN(C)CC2)CC1. The van der Waals surface area contributed by atoms with Gasteiger partial charge in [0.05, 0.1) is 35.9 Å². The Balaban J connectivity index is 1.21. The summed E-state index contributed by atoms with van der Waals surface area (Å²) in [6, 6.07) is 8.84. The first-order valence-electron chi connectivity index (χ1n) is 15.4. The molecular formula is C32H41ClN10OS. The molecule has 2 saturated heterocycles. The first-order valence-corrected chi connectivity index (χ1v) is 17.1. The summed E-state index contributed by atoms with van der Waals surface area (Å²) >= 11 is 8.04. The lowest BCUT2D eigenvalue weighted by atomic mass is 9.99. The van der Waals surface area contributed by atoms with E-state index in [-0.39, 0.29) is 0 Å². The lowest BCUT2D eigenvalue weighted by molar-refractivity contribution is 0.0982. The third-order valence-corrected chi connectivity index (χ3v) is 9.41. The predicted octanol–water partition coefficient (Wildman–Crippen LogP) is 6.04. The molecule has 11 nitrogen and oxygen atoms in total. The summed E-state index contributed by atoms with van der Waals surface area (Å²) in [5, 5.41) is 7.15. The number of nitrogens with one attached hydrogen (secondary N) is 3. The zero-order valence-electron chi connectivity index (χ0n) is 26.3. The molecule has 13 heteroatoms. The van der Waals surface area contributed by atoms with E-state index in [0.29, 0.717) is 22.8 Å². The normalized spacial score (nSPS) is 16.6. The molecule has 0 bridgehead atoms. The fourth-order valence-corrected chi connectivity index (χ4v) is 6.78. The van der Waals surface area contributed by atoms with Gasteiger partial charge in [-0.25, -0.2) is 4.98 Å². The molecule has 0 amide bonds. The lowest BCUT2D eigenvalue weighted by Crippen LogP contribution is -2.52. The number of benzene rings is 2. The summed E-state index contributed by atoms with van der Waals surface area (Å²) in [6.45, 7) is 8.96. The minimum absolute atomic E-state index is 0.395. The standard InChI is InChI=1S/C32H41ClN10OS/c1-5-21-18-26(28(44-3)19-27(21)43-12-8-22(9-13-43)42-16-14-41(2)15-17-42)38-32-36-20-23(33)31(39-32)37-25-7-6-24-29(30(25)40-45-4)35-11-10-34-24/h6-7,10-11,18-20,22,40H,5,8-9,12-17H2,1-4H3,(H2,36,37,38,39). The maximum absolute atomic E-state index is 6.57. The van der Waals surface area contributed by atoms with E-state index < -0.39 is 0 Å². The minimum atomic E-state index is 0.395. The second kappa shape index (κ2) is 14.2. The van der Waals surface area contributed by atoms with Crippen molar-refractivity contribution in [3.8, 4) is 5.75 Å². The van der Waals surface area contributed by atoms with E-state index in [1.54, 1.807) is 25.7 Å². The Labute approximate surface area is 274 Å². The summed E-state index contributed by atoms with van der Waals surface area (Å²) < 4.78 is 9.20. The Morgan fingerprint density at radius 3 is 2.49 bits per heavy atom. The maximum Gasteiger partial charge on any atom is 0.229 e. The van der Waals surface area contributed by atoms with Crippen LogP contribution in [-0.4, -0.2) is 95.5 Å². The van der Waals surface area contributed by atoms with Gasteiger partial charge in [0, 0.05) is 75.7 Å². The van der Waals surface area contributed by atoms with Crippen LogP contribution in [-0.2, 0) is 6.42 Å². The second-order valence-electron chi connectivity index (χ2n) is 11.5. The number of anilines is 6. The number of rotatable bonds is 10. The molecule has 2 fully saturated rings. The van der Waals surface area contributed by atoms with Crippen molar-refractivity contribution in [3.05, 3.63) is 53.4 Å². The summed E-state index contributed by atoms with van der Waals surface area (Å²) in [5.41, 5.74) is 6.42. The van der Waals surface area contributed by atoms with Gasteiger partial charge in [0.25, 0.3) is 0 Å². The van der Waals surface area contributed by atoms with Crippen LogP contribution in [0.5, 0.6) is 5.75 Å². The average molecular weight is 649 g/mol. The zero-order valence-corrected chi connectivity index (χ0v) is 27.9. The molecule has 2 aromatic carbocycles. The van der Waals surface area contributed by atoms with Crippen LogP contribution >= 0.6 is 23.5 Å². The number of piperidine rings is 1. The van der Waals surface area contributed by atoms with Gasteiger partial charge in [-0.1, -0.05) is 30.5 Å². The third kappa shape index (κ3) is 6.99. The summed E-state index contributed by atoms with van der Waals surface area (Å²) in [6.07, 6.45) is 10.2. The van der Waals surface area contributed by atoms with Gasteiger partial charge in [0.1, 0.15) is 16.3 Å². The smallest absolute Gasteiger partial charge is 0.229 e. The van der Waals surface area contributed by atoms with Crippen LogP contribution in [0, 0.1) is 0 Å². The highest BCUT2D eigenvalue weighted by atomic mass is 35.5. The van der Waals surface area contributed by atoms with Gasteiger partial charge in [0.15, 0.2) is 5.82 Å². The molecule has 0 spiro atoms. The lowest BCUT2D eigenvalue weighted by Gasteiger charge is -2.43. The molecule has 0 radical (unpaired) electrons. The van der Waals surface area contributed by atoms with Crippen LogP contribution in [0.3, 0.4) is 0 Å². The highest BCUT2D eigenvalue weighted by molar-refractivity contribution is 7.99. The van der Waals surface area contributed by atoms with Gasteiger partial charge >= 0.3 is 0 Å². The zero-order chi connectivity index (χ0) is 31.3. The Morgan fingerprint density at radius 2 is 1.76 bits per heavy atom. The van der Waals surface area contributed by atoms with Crippen LogP contribution < -0.4 is 25.0 Å². The number of piperazine rings is 1. The first-order chi connectivity index (χ1) is 22.0. The fraction of sp³-hybridized carbons (Fsp3) is 0.438. The first kappa shape index (κ1) is 31.4. The molecule has 0 unspecified atom stereocenters. The van der Waals surface area contributed by atoms with E-state index >= 15 is 0 Å². The van der Waals surface area contributed by atoms with Crippen LogP contribution in [0.25, 0.3) is 11.0 Å². The molecule has 0 saturated carbocycles. The van der Waals surface area contributed by atoms with Crippen LogP contribution in [0.15, 0.2) is 42.9 Å². The van der Waals surface area contributed by atoms with Gasteiger partial charge in [-0.15, -0.1) is 0 Å². The number of nitrogens with zero attached hydrogens (tertiary/aromatic N) is 7. The minimum Gasteiger partial charge on any atom is -0.494 e. The number of methoxy groups -OCH3 is 1. The van der Waals surface area contributed by atoms with E-state index in [1.807, 2.05) is 18.4 Å². The monoisotopic (exact) mass is 648 g/mol. The molecule has 6 rings (SSSR count). The molecule has 0 atom stereocenters. The number of halogens is 1. The highest BCUT2D eigenvalue weighted by Gasteiger charge is 2.28. The van der Waals surface area contributed by atoms with Crippen molar-refractivity contribution in [1.82, 2.24) is 29.7 Å². The molecule has 4 aromatic rings. The van der Waals surface area contributed by atoms with Crippen molar-refractivity contribution in [2.45, 2.75) is 32.2 Å². The van der Waals surface area contributed by atoms with Gasteiger partial charge in [-0.05, 0) is 50.1 Å². The molecule has 4 heterocycles. The number of likely N-dealkylation sites (N-methyl/N-ethyl adjacent to an activating group) is 1. The van der Waals surface area contributed by atoms with Gasteiger partial charge in [0.2, 0.25) is 5.95 Å². The summed E-state index contributed by atoms with van der Waals surface area (Å²) in [4.78, 5) is 25.8. The van der Waals surface area contributed by atoms with E-state index in [9.17, 15) is 0 Å². The summed E-state index contributed by atoms with van der Waals surface area (Å²) in [7, 11) is 3.92. The molecule has 0 aliphatic carbocycles. The topological polar surface area (TPSA) is 107 Å². The Morgan fingerprint density at radius 1 is 0.978 bits per heavy atom. The highest BCUT2D eigenvalue weighted by Crippen LogP contribution is 2.38. The van der Waals surface area contributed by atoms with Crippen molar-refractivity contribution >= 4 is 69.1 Å². The maximum atomic E-state index is 6.57.